The number of fused-ring (bicyclic) bond motifs is 1. The number of carbonyl (C=O) groups is 1. The number of esters is 1. The van der Waals surface area contributed by atoms with E-state index in [0.717, 1.165) is 10.9 Å². The minimum absolute atomic E-state index is 0.188. The fourth-order valence-corrected chi connectivity index (χ4v) is 1.99. The number of hydrogen-bond donors (Lipinski definition) is 0. The van der Waals surface area contributed by atoms with Crippen molar-refractivity contribution in [3.05, 3.63) is 45.9 Å². The van der Waals surface area contributed by atoms with Gasteiger partial charge in [0.2, 0.25) is 0 Å². The highest BCUT2D eigenvalue weighted by Crippen LogP contribution is 2.19. The van der Waals surface area contributed by atoms with Crippen molar-refractivity contribution in [2.45, 2.75) is 6.92 Å². The molecule has 0 N–H and O–H groups in total. The summed E-state index contributed by atoms with van der Waals surface area (Å²) in [6.07, 6.45) is 1.76. The van der Waals surface area contributed by atoms with Crippen LogP contribution in [0.5, 0.6) is 0 Å². The molecule has 0 unspecified atom stereocenters. The quantitative estimate of drug-likeness (QED) is 0.701. The summed E-state index contributed by atoms with van der Waals surface area (Å²) in [5.74, 6) is -0.488. The van der Waals surface area contributed by atoms with Crippen LogP contribution in [0, 0.1) is 6.92 Å². The molecule has 1 aromatic carbocycles. The van der Waals surface area contributed by atoms with Crippen molar-refractivity contribution in [3.63, 3.8) is 0 Å². The Hall–Kier alpha value is -2.10. The van der Waals surface area contributed by atoms with E-state index in [2.05, 4.69) is 0 Å². The third kappa shape index (κ3) is 1.71. The Kier molecular flexibility index (Phi) is 2.71. The fourth-order valence-electron chi connectivity index (χ4n) is 1.99. The summed E-state index contributed by atoms with van der Waals surface area (Å²) in [5.41, 5.74) is 1.08. The zero-order valence-electron chi connectivity index (χ0n) is 9.98. The molecule has 88 valence electrons. The maximum atomic E-state index is 12.1. The number of nitrogens with zero attached hydrogens (tertiary/aromatic N) is 1. The van der Waals surface area contributed by atoms with Gasteiger partial charge >= 0.3 is 5.97 Å². The summed E-state index contributed by atoms with van der Waals surface area (Å²) in [7, 11) is 2.98. The van der Waals surface area contributed by atoms with E-state index in [4.69, 9.17) is 4.74 Å². The first-order valence-electron chi connectivity index (χ1n) is 5.23. The van der Waals surface area contributed by atoms with E-state index in [9.17, 15) is 9.59 Å². The van der Waals surface area contributed by atoms with E-state index in [0.29, 0.717) is 10.9 Å². The SMILES string of the molecule is COC(=O)c1cccc2c(C)cn(C)c(=O)c12. The topological polar surface area (TPSA) is 48.3 Å². The average molecular weight is 231 g/mol. The Morgan fingerprint density at radius 2 is 2.06 bits per heavy atom. The molecule has 0 aliphatic heterocycles. The molecule has 0 saturated heterocycles. The highest BCUT2D eigenvalue weighted by molar-refractivity contribution is 6.04. The average Bonchev–Trinajstić information content (AvgIpc) is 2.34. The number of benzene rings is 1. The van der Waals surface area contributed by atoms with Crippen LogP contribution in [0.3, 0.4) is 0 Å². The minimum atomic E-state index is -0.488. The van der Waals surface area contributed by atoms with Gasteiger partial charge in [0.05, 0.1) is 18.1 Å². The molecule has 0 amide bonds. The molecule has 0 bridgehead atoms. The summed E-state index contributed by atoms with van der Waals surface area (Å²) in [5, 5.41) is 1.21. The van der Waals surface area contributed by atoms with E-state index in [-0.39, 0.29) is 5.56 Å². The third-order valence-corrected chi connectivity index (χ3v) is 2.82. The van der Waals surface area contributed by atoms with Gasteiger partial charge in [0.15, 0.2) is 0 Å². The number of pyridine rings is 1. The van der Waals surface area contributed by atoms with Gasteiger partial charge < -0.3 is 9.30 Å². The smallest absolute Gasteiger partial charge is 0.338 e. The molecule has 0 fully saturated rings. The van der Waals surface area contributed by atoms with Crippen LogP contribution in [0.25, 0.3) is 10.8 Å². The van der Waals surface area contributed by atoms with E-state index >= 15 is 0 Å². The lowest BCUT2D eigenvalue weighted by Gasteiger charge is -2.08. The molecule has 0 radical (unpaired) electrons. The lowest BCUT2D eigenvalue weighted by molar-refractivity contribution is 0.0603. The molecule has 1 aromatic heterocycles. The van der Waals surface area contributed by atoms with Gasteiger partial charge in [-0.1, -0.05) is 12.1 Å². The maximum absolute atomic E-state index is 12.1. The molecule has 0 aliphatic rings. The van der Waals surface area contributed by atoms with Gasteiger partial charge in [-0.3, -0.25) is 4.79 Å². The Labute approximate surface area is 98.4 Å². The standard InChI is InChI=1S/C13H13NO3/c1-8-7-14(2)12(15)11-9(8)5-4-6-10(11)13(16)17-3/h4-7H,1-3H3. The van der Waals surface area contributed by atoms with Crippen molar-refractivity contribution in [1.82, 2.24) is 4.57 Å². The normalized spacial score (nSPS) is 10.5. The van der Waals surface area contributed by atoms with Gasteiger partial charge in [0.1, 0.15) is 0 Å². The van der Waals surface area contributed by atoms with Crippen LogP contribution in [0.2, 0.25) is 0 Å². The number of aryl methyl sites for hydroxylation is 2. The van der Waals surface area contributed by atoms with Gasteiger partial charge in [0, 0.05) is 13.2 Å². The molecule has 0 saturated carbocycles. The summed E-state index contributed by atoms with van der Waals surface area (Å²) in [4.78, 5) is 23.7. The number of methoxy groups -OCH3 is 1. The van der Waals surface area contributed by atoms with E-state index in [1.165, 1.54) is 11.7 Å². The summed E-state index contributed by atoms with van der Waals surface area (Å²) in [6.45, 7) is 1.91. The summed E-state index contributed by atoms with van der Waals surface area (Å²) >= 11 is 0. The number of ether oxygens (including phenoxy) is 1. The van der Waals surface area contributed by atoms with Crippen molar-refractivity contribution in [2.24, 2.45) is 7.05 Å². The minimum Gasteiger partial charge on any atom is -0.465 e. The Morgan fingerprint density at radius 1 is 1.35 bits per heavy atom. The lowest BCUT2D eigenvalue weighted by Crippen LogP contribution is -2.19. The molecule has 4 nitrogen and oxygen atoms in total. The van der Waals surface area contributed by atoms with Crippen LogP contribution in [0.4, 0.5) is 0 Å². The molecular formula is C13H13NO3. The predicted molar refractivity (Wildman–Crippen MR) is 65.3 cm³/mol. The van der Waals surface area contributed by atoms with Gasteiger partial charge in [-0.05, 0) is 23.9 Å². The van der Waals surface area contributed by atoms with Crippen molar-refractivity contribution in [1.29, 1.82) is 0 Å². The predicted octanol–water partition coefficient (Wildman–Crippen LogP) is 1.63. The van der Waals surface area contributed by atoms with Crippen LogP contribution >= 0.6 is 0 Å². The molecule has 1 heterocycles. The molecule has 0 atom stereocenters. The van der Waals surface area contributed by atoms with Crippen molar-refractivity contribution in [2.75, 3.05) is 7.11 Å². The monoisotopic (exact) mass is 231 g/mol. The maximum Gasteiger partial charge on any atom is 0.338 e. The zero-order chi connectivity index (χ0) is 12.6. The highest BCUT2D eigenvalue weighted by atomic mass is 16.5. The summed E-state index contributed by atoms with van der Waals surface area (Å²) in [6, 6.07) is 5.19. The molecule has 0 spiro atoms. The Morgan fingerprint density at radius 3 is 2.71 bits per heavy atom. The first-order valence-corrected chi connectivity index (χ1v) is 5.23. The van der Waals surface area contributed by atoms with Crippen LogP contribution in [0.1, 0.15) is 15.9 Å². The van der Waals surface area contributed by atoms with Crippen molar-refractivity contribution < 1.29 is 9.53 Å². The second-order valence-electron chi connectivity index (χ2n) is 3.95. The molecule has 2 aromatic rings. The third-order valence-electron chi connectivity index (χ3n) is 2.82. The molecule has 17 heavy (non-hydrogen) atoms. The van der Waals surface area contributed by atoms with E-state index < -0.39 is 5.97 Å². The number of rotatable bonds is 1. The van der Waals surface area contributed by atoms with Crippen molar-refractivity contribution >= 4 is 16.7 Å². The Balaban J connectivity index is 2.97. The number of aromatic nitrogens is 1. The van der Waals surface area contributed by atoms with Crippen LogP contribution in [-0.4, -0.2) is 17.6 Å². The summed E-state index contributed by atoms with van der Waals surface area (Å²) < 4.78 is 6.17. The molecule has 4 heteroatoms. The van der Waals surface area contributed by atoms with Gasteiger partial charge in [-0.15, -0.1) is 0 Å². The largest absolute Gasteiger partial charge is 0.465 e. The van der Waals surface area contributed by atoms with E-state index in [1.54, 1.807) is 25.4 Å². The second kappa shape index (κ2) is 4.05. The van der Waals surface area contributed by atoms with Crippen LogP contribution in [0.15, 0.2) is 29.2 Å². The second-order valence-corrected chi connectivity index (χ2v) is 3.95. The van der Waals surface area contributed by atoms with E-state index in [1.807, 2.05) is 13.0 Å². The van der Waals surface area contributed by atoms with Gasteiger partial charge in [0.25, 0.3) is 5.56 Å². The van der Waals surface area contributed by atoms with Crippen molar-refractivity contribution in [3.8, 4) is 0 Å². The van der Waals surface area contributed by atoms with Gasteiger partial charge in [-0.25, -0.2) is 4.79 Å². The fraction of sp³-hybridized carbons (Fsp3) is 0.231. The Bertz CT molecular complexity index is 655. The number of hydrogen-bond acceptors (Lipinski definition) is 3. The molecular weight excluding hydrogens is 218 g/mol. The molecule has 2 rings (SSSR count). The first kappa shape index (κ1) is 11.4. The van der Waals surface area contributed by atoms with Gasteiger partial charge in [-0.2, -0.15) is 0 Å². The highest BCUT2D eigenvalue weighted by Gasteiger charge is 2.14. The first-order chi connectivity index (χ1) is 8.06. The molecule has 0 aliphatic carbocycles. The van der Waals surface area contributed by atoms with Crippen LogP contribution in [-0.2, 0) is 11.8 Å². The zero-order valence-corrected chi connectivity index (χ0v) is 9.98. The number of carbonyl (C=O) groups excluding carboxylic acids is 1. The lowest BCUT2D eigenvalue weighted by atomic mass is 10.0. The van der Waals surface area contributed by atoms with Crippen LogP contribution < -0.4 is 5.56 Å².